The second-order valence-electron chi connectivity index (χ2n) is 8.26. The van der Waals surface area contributed by atoms with Crippen molar-refractivity contribution in [3.63, 3.8) is 0 Å². The molecule has 9 nitrogen and oxygen atoms in total. The lowest BCUT2D eigenvalue weighted by Crippen LogP contribution is -2.49. The highest BCUT2D eigenvalue weighted by atomic mass is 16.5. The Labute approximate surface area is 185 Å². The molecule has 2 amide bonds. The van der Waals surface area contributed by atoms with E-state index in [1.54, 1.807) is 32.2 Å². The number of benzene rings is 1. The van der Waals surface area contributed by atoms with Gasteiger partial charge in [0.25, 0.3) is 11.8 Å². The fourth-order valence-corrected chi connectivity index (χ4v) is 3.31. The zero-order valence-corrected chi connectivity index (χ0v) is 18.1. The molecule has 0 radical (unpaired) electrons. The molecule has 1 aromatic carbocycles. The minimum atomic E-state index is -1.25. The fourth-order valence-electron chi connectivity index (χ4n) is 3.31. The number of aliphatic hydroxyl groups is 1. The van der Waals surface area contributed by atoms with Gasteiger partial charge in [0, 0.05) is 30.8 Å². The maximum Gasteiger partial charge on any atom is 0.322 e. The Morgan fingerprint density at radius 3 is 2.47 bits per heavy atom. The second-order valence-corrected chi connectivity index (χ2v) is 8.26. The highest BCUT2D eigenvalue weighted by molar-refractivity contribution is 6.19. The van der Waals surface area contributed by atoms with Crippen molar-refractivity contribution in [1.82, 2.24) is 15.2 Å². The number of rotatable bonds is 7. The quantitative estimate of drug-likeness (QED) is 0.566. The first-order valence-electron chi connectivity index (χ1n) is 9.99. The van der Waals surface area contributed by atoms with Gasteiger partial charge in [-0.15, -0.1) is 0 Å². The van der Waals surface area contributed by atoms with Gasteiger partial charge >= 0.3 is 5.97 Å². The molecule has 0 aliphatic carbocycles. The molecule has 1 aliphatic rings. The summed E-state index contributed by atoms with van der Waals surface area (Å²) in [4.78, 5) is 41.7. The Kier molecular flexibility index (Phi) is 6.47. The van der Waals surface area contributed by atoms with Gasteiger partial charge in [-0.3, -0.25) is 14.4 Å². The van der Waals surface area contributed by atoms with Crippen LogP contribution in [0.2, 0.25) is 0 Å². The molecular formula is C23H25N3O6. The standard InChI is InChI=1S/C23H25N3O6/c1-14-4-7-16(8-5-14)32-17-9-6-15(10-24-17)12-26-13-23(2,3)20(29)19(22(26)31)21(30)25-11-18(27)28/h4-10,29H,11-13H2,1-3H3,(H,25,30)(H,27,28). The van der Waals surface area contributed by atoms with Gasteiger partial charge in [0.05, 0.1) is 0 Å². The SMILES string of the molecule is Cc1ccc(Oc2ccc(CN3CC(C)(C)C(O)=C(C(=O)NCC(=O)O)C3=O)cn2)cc1. The van der Waals surface area contributed by atoms with Crippen LogP contribution < -0.4 is 10.1 Å². The number of aryl methyl sites for hydroxylation is 1. The zero-order chi connectivity index (χ0) is 23.5. The van der Waals surface area contributed by atoms with Crippen molar-refractivity contribution in [1.29, 1.82) is 0 Å². The van der Waals surface area contributed by atoms with Crippen LogP contribution >= 0.6 is 0 Å². The molecule has 168 valence electrons. The van der Waals surface area contributed by atoms with E-state index in [1.165, 1.54) is 4.90 Å². The molecule has 2 aromatic rings. The number of carboxylic acid groups (broad SMARTS) is 1. The first-order chi connectivity index (χ1) is 15.1. The van der Waals surface area contributed by atoms with Crippen LogP contribution in [0.15, 0.2) is 53.9 Å². The minimum Gasteiger partial charge on any atom is -0.511 e. The third kappa shape index (κ3) is 5.23. The largest absolute Gasteiger partial charge is 0.511 e. The van der Waals surface area contributed by atoms with Gasteiger partial charge in [-0.05, 0) is 24.6 Å². The number of carboxylic acids is 1. The Morgan fingerprint density at radius 2 is 1.88 bits per heavy atom. The lowest BCUT2D eigenvalue weighted by Gasteiger charge is -2.38. The number of hydrogen-bond acceptors (Lipinski definition) is 6. The van der Waals surface area contributed by atoms with Crippen LogP contribution in [0, 0.1) is 12.3 Å². The molecule has 0 fully saturated rings. The molecule has 3 rings (SSSR count). The Hall–Kier alpha value is -3.88. The maximum absolute atomic E-state index is 12.9. The van der Waals surface area contributed by atoms with Crippen molar-refractivity contribution in [2.24, 2.45) is 5.41 Å². The molecule has 0 saturated carbocycles. The molecule has 3 N–H and O–H groups in total. The molecule has 1 aliphatic heterocycles. The van der Waals surface area contributed by atoms with Crippen LogP contribution in [0.4, 0.5) is 0 Å². The van der Waals surface area contributed by atoms with Crippen molar-refractivity contribution in [2.45, 2.75) is 27.3 Å². The Balaban J connectivity index is 1.73. The fraction of sp³-hybridized carbons (Fsp3) is 0.304. The van der Waals surface area contributed by atoms with E-state index in [0.29, 0.717) is 17.2 Å². The average Bonchev–Trinajstić information content (AvgIpc) is 2.73. The summed E-state index contributed by atoms with van der Waals surface area (Å²) < 4.78 is 5.71. The molecule has 9 heteroatoms. The molecule has 0 unspecified atom stereocenters. The van der Waals surface area contributed by atoms with Gasteiger partial charge < -0.3 is 25.2 Å². The highest BCUT2D eigenvalue weighted by Crippen LogP contribution is 2.34. The van der Waals surface area contributed by atoms with Crippen LogP contribution in [0.1, 0.15) is 25.0 Å². The van der Waals surface area contributed by atoms with E-state index in [-0.39, 0.29) is 18.8 Å². The number of amides is 2. The summed E-state index contributed by atoms with van der Waals surface area (Å²) in [5.41, 5.74) is 0.490. The van der Waals surface area contributed by atoms with E-state index < -0.39 is 35.3 Å². The first kappa shape index (κ1) is 22.8. The van der Waals surface area contributed by atoms with Crippen molar-refractivity contribution in [2.75, 3.05) is 13.1 Å². The van der Waals surface area contributed by atoms with Crippen LogP contribution in [0.25, 0.3) is 0 Å². The zero-order valence-electron chi connectivity index (χ0n) is 18.1. The number of pyridine rings is 1. The molecule has 0 saturated heterocycles. The molecule has 2 heterocycles. The van der Waals surface area contributed by atoms with Crippen molar-refractivity contribution in [3.8, 4) is 11.6 Å². The third-order valence-electron chi connectivity index (χ3n) is 5.01. The number of carbonyl (C=O) groups is 3. The molecule has 32 heavy (non-hydrogen) atoms. The number of aromatic nitrogens is 1. The van der Waals surface area contributed by atoms with Crippen LogP contribution in [0.3, 0.4) is 0 Å². The molecule has 0 atom stereocenters. The van der Waals surface area contributed by atoms with E-state index >= 15 is 0 Å². The molecule has 1 aromatic heterocycles. The lowest BCUT2D eigenvalue weighted by atomic mass is 9.83. The number of hydrogen-bond donors (Lipinski definition) is 3. The predicted octanol–water partition coefficient (Wildman–Crippen LogP) is 2.56. The molecule has 0 bridgehead atoms. The summed E-state index contributed by atoms with van der Waals surface area (Å²) in [6.07, 6.45) is 1.58. The minimum absolute atomic E-state index is 0.156. The van der Waals surface area contributed by atoms with Gasteiger partial charge in [0.1, 0.15) is 23.6 Å². The van der Waals surface area contributed by atoms with E-state index in [4.69, 9.17) is 9.84 Å². The number of ether oxygens (including phenoxy) is 1. The van der Waals surface area contributed by atoms with E-state index in [0.717, 1.165) is 5.56 Å². The summed E-state index contributed by atoms with van der Waals surface area (Å²) in [6, 6.07) is 11.0. The summed E-state index contributed by atoms with van der Waals surface area (Å²) in [6.45, 7) is 5.05. The second kappa shape index (κ2) is 9.09. The number of aliphatic hydroxyl groups excluding tert-OH is 1. The number of carbonyl (C=O) groups excluding carboxylic acids is 2. The van der Waals surface area contributed by atoms with Gasteiger partial charge in [0.15, 0.2) is 0 Å². The maximum atomic E-state index is 12.9. The van der Waals surface area contributed by atoms with Crippen molar-refractivity contribution < 1.29 is 29.3 Å². The van der Waals surface area contributed by atoms with Gasteiger partial charge in [-0.25, -0.2) is 4.98 Å². The van der Waals surface area contributed by atoms with Crippen LogP contribution in [-0.2, 0) is 20.9 Å². The van der Waals surface area contributed by atoms with Gasteiger partial charge in [-0.1, -0.05) is 37.6 Å². The van der Waals surface area contributed by atoms with E-state index in [9.17, 15) is 19.5 Å². The number of aliphatic carboxylic acids is 1. The van der Waals surface area contributed by atoms with E-state index in [1.807, 2.05) is 31.2 Å². The first-order valence-corrected chi connectivity index (χ1v) is 9.99. The normalized spacial score (nSPS) is 15.5. The Morgan fingerprint density at radius 1 is 1.19 bits per heavy atom. The average molecular weight is 439 g/mol. The van der Waals surface area contributed by atoms with Crippen LogP contribution in [0.5, 0.6) is 11.6 Å². The van der Waals surface area contributed by atoms with Crippen molar-refractivity contribution >= 4 is 17.8 Å². The van der Waals surface area contributed by atoms with Gasteiger partial charge in [-0.2, -0.15) is 0 Å². The smallest absolute Gasteiger partial charge is 0.322 e. The topological polar surface area (TPSA) is 129 Å². The summed E-state index contributed by atoms with van der Waals surface area (Å²) >= 11 is 0. The number of nitrogens with one attached hydrogen (secondary N) is 1. The monoisotopic (exact) mass is 439 g/mol. The highest BCUT2D eigenvalue weighted by Gasteiger charge is 2.42. The summed E-state index contributed by atoms with van der Waals surface area (Å²) in [5.74, 6) is -2.16. The summed E-state index contributed by atoms with van der Waals surface area (Å²) in [7, 11) is 0. The van der Waals surface area contributed by atoms with E-state index in [2.05, 4.69) is 10.3 Å². The Bertz CT molecular complexity index is 1060. The third-order valence-corrected chi connectivity index (χ3v) is 5.01. The molecule has 0 spiro atoms. The summed E-state index contributed by atoms with van der Waals surface area (Å²) in [5, 5.41) is 21.4. The molecular weight excluding hydrogens is 414 g/mol. The van der Waals surface area contributed by atoms with Crippen molar-refractivity contribution in [3.05, 3.63) is 65.1 Å². The lowest BCUT2D eigenvalue weighted by molar-refractivity contribution is -0.139. The predicted molar refractivity (Wildman–Crippen MR) is 115 cm³/mol. The van der Waals surface area contributed by atoms with Gasteiger partial charge in [0.2, 0.25) is 5.88 Å². The van der Waals surface area contributed by atoms with Crippen LogP contribution in [-0.4, -0.2) is 51.0 Å². The number of nitrogens with zero attached hydrogens (tertiary/aromatic N) is 2.